The molecule has 0 N–H and O–H groups in total. The molecule has 0 aromatic carbocycles. The number of hydrogen-bond donors (Lipinski definition) is 0. The zero-order valence-electron chi connectivity index (χ0n) is 12.8. The van der Waals surface area contributed by atoms with Gasteiger partial charge in [0.05, 0.1) is 6.61 Å². The van der Waals surface area contributed by atoms with E-state index in [1.54, 1.807) is 0 Å². The molecular weight excluding hydrogens is 260 g/mol. The van der Waals surface area contributed by atoms with E-state index >= 15 is 0 Å². The van der Waals surface area contributed by atoms with Crippen molar-refractivity contribution in [1.29, 1.82) is 0 Å². The molecule has 1 atom stereocenters. The number of carbonyl (C=O) groups is 3. The molecule has 1 unspecified atom stereocenters. The minimum atomic E-state index is -0.715. The Hall–Kier alpha value is -1.39. The number of unbranched alkanes of at least 4 members (excludes halogenated alkanes) is 3. The van der Waals surface area contributed by atoms with Crippen LogP contribution in [0.2, 0.25) is 0 Å². The second kappa shape index (κ2) is 11.4. The van der Waals surface area contributed by atoms with Crippen LogP contribution < -0.4 is 0 Å². The van der Waals surface area contributed by atoms with Crippen LogP contribution in [0, 0.1) is 0 Å². The van der Waals surface area contributed by atoms with Crippen molar-refractivity contribution >= 4 is 17.7 Å². The number of esters is 2. The third kappa shape index (κ3) is 10.5. The van der Waals surface area contributed by atoms with Gasteiger partial charge in [-0.1, -0.05) is 26.2 Å². The van der Waals surface area contributed by atoms with E-state index in [9.17, 15) is 14.4 Å². The van der Waals surface area contributed by atoms with Gasteiger partial charge in [-0.05, 0) is 26.7 Å². The zero-order chi connectivity index (χ0) is 15.4. The van der Waals surface area contributed by atoms with E-state index in [0.29, 0.717) is 13.0 Å². The minimum absolute atomic E-state index is 0.128. The molecule has 0 bridgehead atoms. The summed E-state index contributed by atoms with van der Waals surface area (Å²) in [6.45, 7) is 5.47. The number of carbonyl (C=O) groups excluding carboxylic acids is 3. The second-order valence-corrected chi connectivity index (χ2v) is 4.88. The van der Waals surface area contributed by atoms with Gasteiger partial charge in [-0.15, -0.1) is 0 Å². The Morgan fingerprint density at radius 2 is 1.60 bits per heavy atom. The van der Waals surface area contributed by atoms with E-state index in [4.69, 9.17) is 9.47 Å². The van der Waals surface area contributed by atoms with Crippen LogP contribution >= 0.6 is 0 Å². The van der Waals surface area contributed by atoms with Crippen LogP contribution in [0.15, 0.2) is 0 Å². The van der Waals surface area contributed by atoms with Crippen molar-refractivity contribution in [3.63, 3.8) is 0 Å². The molecule has 0 aliphatic carbocycles. The summed E-state index contributed by atoms with van der Waals surface area (Å²) in [4.78, 5) is 33.6. The molecule has 0 saturated heterocycles. The number of Topliss-reactive ketones (excluding diaryl/α,β-unsaturated/α-hetero) is 1. The summed E-state index contributed by atoms with van der Waals surface area (Å²) < 4.78 is 9.92. The van der Waals surface area contributed by atoms with Gasteiger partial charge >= 0.3 is 11.9 Å². The van der Waals surface area contributed by atoms with Crippen molar-refractivity contribution in [2.45, 2.75) is 71.8 Å². The van der Waals surface area contributed by atoms with Gasteiger partial charge in [0.25, 0.3) is 0 Å². The van der Waals surface area contributed by atoms with Crippen molar-refractivity contribution in [2.75, 3.05) is 6.61 Å². The van der Waals surface area contributed by atoms with Crippen molar-refractivity contribution in [1.82, 2.24) is 0 Å². The Kier molecular flexibility index (Phi) is 10.6. The lowest BCUT2D eigenvalue weighted by atomic mass is 10.2. The summed E-state index contributed by atoms with van der Waals surface area (Å²) in [5.74, 6) is -0.929. The Morgan fingerprint density at radius 1 is 0.950 bits per heavy atom. The summed E-state index contributed by atoms with van der Waals surface area (Å²) in [7, 11) is 0. The maximum Gasteiger partial charge on any atom is 0.306 e. The molecule has 0 rings (SSSR count). The van der Waals surface area contributed by atoms with Gasteiger partial charge in [0.2, 0.25) is 0 Å². The lowest BCUT2D eigenvalue weighted by molar-refractivity contribution is -0.153. The molecule has 0 amide bonds. The van der Waals surface area contributed by atoms with Crippen LogP contribution in [0.5, 0.6) is 0 Å². The first-order chi connectivity index (χ1) is 9.47. The summed E-state index contributed by atoms with van der Waals surface area (Å²) in [6, 6.07) is 0. The molecule has 0 heterocycles. The molecule has 0 fully saturated rings. The summed E-state index contributed by atoms with van der Waals surface area (Å²) in [5.41, 5.74) is 0. The molecule has 5 heteroatoms. The largest absolute Gasteiger partial charge is 0.466 e. The predicted molar refractivity (Wildman–Crippen MR) is 75.2 cm³/mol. The molecule has 0 aromatic heterocycles. The average Bonchev–Trinajstić information content (AvgIpc) is 2.38. The van der Waals surface area contributed by atoms with Gasteiger partial charge in [-0.25, -0.2) is 0 Å². The van der Waals surface area contributed by atoms with Gasteiger partial charge in [0.15, 0.2) is 11.9 Å². The summed E-state index contributed by atoms with van der Waals surface area (Å²) >= 11 is 0. The molecule has 20 heavy (non-hydrogen) atoms. The highest BCUT2D eigenvalue weighted by molar-refractivity contribution is 5.83. The lowest BCUT2D eigenvalue weighted by Crippen LogP contribution is -2.21. The minimum Gasteiger partial charge on any atom is -0.466 e. The van der Waals surface area contributed by atoms with Crippen molar-refractivity contribution in [2.24, 2.45) is 0 Å². The Labute approximate surface area is 121 Å². The smallest absolute Gasteiger partial charge is 0.306 e. The third-order valence-electron chi connectivity index (χ3n) is 2.90. The highest BCUT2D eigenvalue weighted by atomic mass is 16.5. The molecule has 0 aliphatic heterocycles. The monoisotopic (exact) mass is 286 g/mol. The van der Waals surface area contributed by atoms with Crippen LogP contribution in [-0.4, -0.2) is 30.4 Å². The molecule has 116 valence electrons. The fraction of sp³-hybridized carbons (Fsp3) is 0.800. The van der Waals surface area contributed by atoms with Gasteiger partial charge in [0.1, 0.15) is 0 Å². The van der Waals surface area contributed by atoms with E-state index in [1.165, 1.54) is 13.8 Å². The fourth-order valence-corrected chi connectivity index (χ4v) is 1.50. The molecule has 0 saturated carbocycles. The number of rotatable bonds is 11. The topological polar surface area (TPSA) is 69.7 Å². The molecule has 0 aliphatic rings. The molecule has 5 nitrogen and oxygen atoms in total. The van der Waals surface area contributed by atoms with Crippen molar-refractivity contribution in [3.05, 3.63) is 0 Å². The Morgan fingerprint density at radius 3 is 2.20 bits per heavy atom. The second-order valence-electron chi connectivity index (χ2n) is 4.88. The first-order valence-electron chi connectivity index (χ1n) is 7.33. The van der Waals surface area contributed by atoms with Crippen LogP contribution in [0.4, 0.5) is 0 Å². The summed E-state index contributed by atoms with van der Waals surface area (Å²) in [6.07, 6.45) is 4.26. The van der Waals surface area contributed by atoms with Gasteiger partial charge in [-0.3, -0.25) is 14.4 Å². The zero-order valence-corrected chi connectivity index (χ0v) is 12.8. The first kappa shape index (κ1) is 18.6. The maximum atomic E-state index is 11.4. The van der Waals surface area contributed by atoms with Crippen molar-refractivity contribution < 1.29 is 23.9 Å². The SMILES string of the molecule is CCCCCCOC(=O)CCCC(=O)OC(C)C(C)=O. The van der Waals surface area contributed by atoms with Gasteiger partial charge < -0.3 is 9.47 Å². The van der Waals surface area contributed by atoms with E-state index in [2.05, 4.69) is 6.92 Å². The normalized spacial score (nSPS) is 11.8. The molecular formula is C15H26O5. The van der Waals surface area contributed by atoms with Gasteiger partial charge in [-0.2, -0.15) is 0 Å². The van der Waals surface area contributed by atoms with Crippen LogP contribution in [0.1, 0.15) is 65.7 Å². The summed E-state index contributed by atoms with van der Waals surface area (Å²) in [5, 5.41) is 0. The van der Waals surface area contributed by atoms with Crippen LogP contribution in [0.25, 0.3) is 0 Å². The van der Waals surface area contributed by atoms with E-state index in [0.717, 1.165) is 25.7 Å². The molecule has 0 aromatic rings. The highest BCUT2D eigenvalue weighted by Gasteiger charge is 2.13. The first-order valence-corrected chi connectivity index (χ1v) is 7.33. The maximum absolute atomic E-state index is 11.4. The molecule has 0 spiro atoms. The van der Waals surface area contributed by atoms with Crippen LogP contribution in [0.3, 0.4) is 0 Å². The standard InChI is InChI=1S/C15H26O5/c1-4-5-6-7-11-19-14(17)9-8-10-15(18)20-13(3)12(2)16/h13H,4-11H2,1-3H3. The van der Waals surface area contributed by atoms with E-state index in [1.807, 2.05) is 0 Å². The van der Waals surface area contributed by atoms with Crippen LogP contribution in [-0.2, 0) is 23.9 Å². The molecule has 0 radical (unpaired) electrons. The van der Waals surface area contributed by atoms with Crippen molar-refractivity contribution in [3.8, 4) is 0 Å². The van der Waals surface area contributed by atoms with E-state index in [-0.39, 0.29) is 24.6 Å². The average molecular weight is 286 g/mol. The van der Waals surface area contributed by atoms with Gasteiger partial charge in [0, 0.05) is 12.8 Å². The number of ether oxygens (including phenoxy) is 2. The highest BCUT2D eigenvalue weighted by Crippen LogP contribution is 2.04. The quantitative estimate of drug-likeness (QED) is 0.431. The number of hydrogen-bond acceptors (Lipinski definition) is 5. The van der Waals surface area contributed by atoms with E-state index < -0.39 is 12.1 Å². The fourth-order valence-electron chi connectivity index (χ4n) is 1.50. The third-order valence-corrected chi connectivity index (χ3v) is 2.90. The predicted octanol–water partition coefficient (Wildman–Crippen LogP) is 2.80. The lowest BCUT2D eigenvalue weighted by Gasteiger charge is -2.09. The Balaban J connectivity index is 3.55. The number of ketones is 1. The Bertz CT molecular complexity index is 311.